The van der Waals surface area contributed by atoms with Crippen LogP contribution in [0.2, 0.25) is 0 Å². The van der Waals surface area contributed by atoms with Gasteiger partial charge in [0.2, 0.25) is 0 Å². The van der Waals surface area contributed by atoms with Crippen molar-refractivity contribution >= 4 is 16.6 Å². The van der Waals surface area contributed by atoms with Crippen molar-refractivity contribution in [3.8, 4) is 0 Å². The number of nitrogens with zero attached hydrogens (tertiary/aromatic N) is 1. The SMILES string of the molecule is CC.Cc1ccc2ccnc(N)c2c1. The van der Waals surface area contributed by atoms with Gasteiger partial charge in [-0.3, -0.25) is 0 Å². The number of aromatic nitrogens is 1. The molecule has 2 N–H and O–H groups in total. The number of nitrogen functional groups attached to an aromatic ring is 1. The molecule has 0 bridgehead atoms. The van der Waals surface area contributed by atoms with Gasteiger partial charge in [0.25, 0.3) is 0 Å². The molecule has 0 unspecified atom stereocenters. The first kappa shape index (κ1) is 10.5. The van der Waals surface area contributed by atoms with E-state index in [1.165, 1.54) is 5.56 Å². The number of pyridine rings is 1. The van der Waals surface area contributed by atoms with Crippen molar-refractivity contribution in [3.05, 3.63) is 36.0 Å². The van der Waals surface area contributed by atoms with E-state index in [-0.39, 0.29) is 0 Å². The van der Waals surface area contributed by atoms with E-state index in [9.17, 15) is 0 Å². The van der Waals surface area contributed by atoms with Crippen molar-refractivity contribution in [1.82, 2.24) is 4.98 Å². The zero-order valence-corrected chi connectivity index (χ0v) is 8.91. The summed E-state index contributed by atoms with van der Waals surface area (Å²) in [7, 11) is 0. The van der Waals surface area contributed by atoms with Crippen LogP contribution in [0, 0.1) is 6.92 Å². The second kappa shape index (κ2) is 4.61. The number of benzene rings is 1. The van der Waals surface area contributed by atoms with Crippen molar-refractivity contribution in [2.24, 2.45) is 0 Å². The van der Waals surface area contributed by atoms with Crippen LogP contribution in [0.5, 0.6) is 0 Å². The molecule has 0 fully saturated rings. The van der Waals surface area contributed by atoms with Gasteiger partial charge in [0.05, 0.1) is 0 Å². The third kappa shape index (κ3) is 2.02. The topological polar surface area (TPSA) is 38.9 Å². The van der Waals surface area contributed by atoms with Gasteiger partial charge in [-0.1, -0.05) is 31.5 Å². The molecular formula is C12H16N2. The first-order valence-corrected chi connectivity index (χ1v) is 4.88. The maximum Gasteiger partial charge on any atom is 0.131 e. The zero-order valence-electron chi connectivity index (χ0n) is 8.91. The molecule has 0 amide bonds. The van der Waals surface area contributed by atoms with Gasteiger partial charge < -0.3 is 5.73 Å². The Bertz CT molecular complexity index is 422. The van der Waals surface area contributed by atoms with Crippen LogP contribution < -0.4 is 5.73 Å². The van der Waals surface area contributed by atoms with Crippen LogP contribution in [0.25, 0.3) is 10.8 Å². The maximum atomic E-state index is 5.71. The molecule has 1 aromatic carbocycles. The van der Waals surface area contributed by atoms with Crippen molar-refractivity contribution in [1.29, 1.82) is 0 Å². The van der Waals surface area contributed by atoms with E-state index in [4.69, 9.17) is 5.73 Å². The molecule has 1 aromatic heterocycles. The van der Waals surface area contributed by atoms with E-state index in [0.29, 0.717) is 5.82 Å². The van der Waals surface area contributed by atoms with Gasteiger partial charge in [0, 0.05) is 11.6 Å². The normalized spacial score (nSPS) is 9.36. The van der Waals surface area contributed by atoms with Gasteiger partial charge in [0.1, 0.15) is 5.82 Å². The van der Waals surface area contributed by atoms with Crippen LogP contribution >= 0.6 is 0 Å². The van der Waals surface area contributed by atoms with Crippen molar-refractivity contribution < 1.29 is 0 Å². The first-order chi connectivity index (χ1) is 6.77. The molecule has 2 rings (SSSR count). The maximum absolute atomic E-state index is 5.71. The van der Waals surface area contributed by atoms with Gasteiger partial charge in [0.15, 0.2) is 0 Å². The lowest BCUT2D eigenvalue weighted by molar-refractivity contribution is 1.36. The van der Waals surface area contributed by atoms with Gasteiger partial charge >= 0.3 is 0 Å². The van der Waals surface area contributed by atoms with Gasteiger partial charge in [-0.15, -0.1) is 0 Å². The summed E-state index contributed by atoms with van der Waals surface area (Å²) in [5.74, 6) is 0.608. The lowest BCUT2D eigenvalue weighted by Crippen LogP contribution is -1.90. The number of nitrogens with two attached hydrogens (primary N) is 1. The second-order valence-electron chi connectivity index (χ2n) is 2.92. The Morgan fingerprint density at radius 1 is 1.14 bits per heavy atom. The zero-order chi connectivity index (χ0) is 10.6. The standard InChI is InChI=1S/C10H10N2.C2H6/c1-7-2-3-8-4-5-12-10(11)9(8)6-7;1-2/h2-6H,1H3,(H2,11,12);1-2H3. The summed E-state index contributed by atoms with van der Waals surface area (Å²) < 4.78 is 0. The molecular weight excluding hydrogens is 172 g/mol. The minimum atomic E-state index is 0.608. The van der Waals surface area contributed by atoms with Crippen LogP contribution in [0.1, 0.15) is 19.4 Å². The molecule has 2 nitrogen and oxygen atoms in total. The summed E-state index contributed by atoms with van der Waals surface area (Å²) in [6, 6.07) is 8.15. The molecule has 0 aliphatic heterocycles. The largest absolute Gasteiger partial charge is 0.383 e. The monoisotopic (exact) mass is 188 g/mol. The van der Waals surface area contributed by atoms with Crippen LogP contribution in [0.15, 0.2) is 30.5 Å². The Morgan fingerprint density at radius 2 is 1.86 bits per heavy atom. The summed E-state index contributed by atoms with van der Waals surface area (Å²) in [6.45, 7) is 6.05. The Kier molecular flexibility index (Phi) is 3.46. The molecule has 1 heterocycles. The minimum Gasteiger partial charge on any atom is -0.383 e. The fourth-order valence-corrected chi connectivity index (χ4v) is 1.30. The summed E-state index contributed by atoms with van der Waals surface area (Å²) in [4.78, 5) is 4.03. The first-order valence-electron chi connectivity index (χ1n) is 4.88. The smallest absolute Gasteiger partial charge is 0.131 e. The molecule has 0 aliphatic rings. The number of hydrogen-bond acceptors (Lipinski definition) is 2. The van der Waals surface area contributed by atoms with Crippen molar-refractivity contribution in [2.75, 3.05) is 5.73 Å². The highest BCUT2D eigenvalue weighted by Crippen LogP contribution is 2.19. The summed E-state index contributed by atoms with van der Waals surface area (Å²) in [5.41, 5.74) is 6.92. The summed E-state index contributed by atoms with van der Waals surface area (Å²) in [5, 5.41) is 2.19. The van der Waals surface area contributed by atoms with E-state index >= 15 is 0 Å². The van der Waals surface area contributed by atoms with Crippen molar-refractivity contribution in [2.45, 2.75) is 20.8 Å². The molecule has 0 saturated carbocycles. The number of fused-ring (bicyclic) bond motifs is 1. The molecule has 0 radical (unpaired) electrons. The highest BCUT2D eigenvalue weighted by Gasteiger charge is 1.96. The lowest BCUT2D eigenvalue weighted by Gasteiger charge is -2.00. The van der Waals surface area contributed by atoms with E-state index in [0.717, 1.165) is 10.8 Å². The number of aryl methyl sites for hydroxylation is 1. The Hall–Kier alpha value is -1.57. The summed E-state index contributed by atoms with van der Waals surface area (Å²) >= 11 is 0. The molecule has 14 heavy (non-hydrogen) atoms. The predicted octanol–water partition coefficient (Wildman–Crippen LogP) is 3.15. The van der Waals surface area contributed by atoms with Gasteiger partial charge in [-0.2, -0.15) is 0 Å². The Morgan fingerprint density at radius 3 is 2.57 bits per heavy atom. The minimum absolute atomic E-state index is 0.608. The highest BCUT2D eigenvalue weighted by molar-refractivity contribution is 5.91. The van der Waals surface area contributed by atoms with E-state index in [1.54, 1.807) is 6.20 Å². The fourth-order valence-electron chi connectivity index (χ4n) is 1.30. The molecule has 74 valence electrons. The van der Waals surface area contributed by atoms with Crippen molar-refractivity contribution in [3.63, 3.8) is 0 Å². The van der Waals surface area contributed by atoms with E-state index in [2.05, 4.69) is 23.2 Å². The third-order valence-electron chi connectivity index (χ3n) is 1.95. The Labute approximate surface area is 84.8 Å². The average Bonchev–Trinajstić information content (AvgIpc) is 2.22. The Balaban J connectivity index is 0.000000461. The molecule has 0 atom stereocenters. The molecule has 0 aliphatic carbocycles. The highest BCUT2D eigenvalue weighted by atomic mass is 14.8. The van der Waals surface area contributed by atoms with Crippen LogP contribution in [-0.4, -0.2) is 4.98 Å². The molecule has 0 saturated heterocycles. The average molecular weight is 188 g/mol. The predicted molar refractivity (Wildman–Crippen MR) is 62.2 cm³/mol. The van der Waals surface area contributed by atoms with E-state index in [1.807, 2.05) is 26.8 Å². The summed E-state index contributed by atoms with van der Waals surface area (Å²) in [6.07, 6.45) is 1.73. The number of anilines is 1. The molecule has 2 heteroatoms. The van der Waals surface area contributed by atoms with Crippen LogP contribution in [0.4, 0.5) is 5.82 Å². The lowest BCUT2D eigenvalue weighted by atomic mass is 10.1. The third-order valence-corrected chi connectivity index (χ3v) is 1.95. The van der Waals surface area contributed by atoms with E-state index < -0.39 is 0 Å². The second-order valence-corrected chi connectivity index (χ2v) is 2.92. The molecule has 2 aromatic rings. The quantitative estimate of drug-likeness (QED) is 0.689. The van der Waals surface area contributed by atoms with Crippen LogP contribution in [0.3, 0.4) is 0 Å². The van der Waals surface area contributed by atoms with Crippen LogP contribution in [-0.2, 0) is 0 Å². The van der Waals surface area contributed by atoms with Gasteiger partial charge in [-0.25, -0.2) is 4.98 Å². The number of hydrogen-bond donors (Lipinski definition) is 1. The fraction of sp³-hybridized carbons (Fsp3) is 0.250. The van der Waals surface area contributed by atoms with Gasteiger partial charge in [-0.05, 0) is 24.4 Å². The number of rotatable bonds is 0. The molecule has 0 spiro atoms.